The van der Waals surface area contributed by atoms with E-state index in [1.807, 2.05) is 6.07 Å². The lowest BCUT2D eigenvalue weighted by molar-refractivity contribution is -0.155. The Bertz CT molecular complexity index is 480. The minimum atomic E-state index is -1.90. The minimum Gasteiger partial charge on any atom is -0.479 e. The van der Waals surface area contributed by atoms with Crippen LogP contribution >= 0.6 is 11.6 Å². The fourth-order valence-electron chi connectivity index (χ4n) is 1.11. The summed E-state index contributed by atoms with van der Waals surface area (Å²) in [6.45, 7) is 0.961. The van der Waals surface area contributed by atoms with Crippen LogP contribution in [0.5, 0.6) is 0 Å². The van der Waals surface area contributed by atoms with E-state index in [9.17, 15) is 9.90 Å². The summed E-state index contributed by atoms with van der Waals surface area (Å²) in [6.07, 6.45) is 0. The van der Waals surface area contributed by atoms with Crippen molar-refractivity contribution in [2.45, 2.75) is 12.5 Å². The highest BCUT2D eigenvalue weighted by Gasteiger charge is 2.29. The smallest absolute Gasteiger partial charge is 0.337 e. The summed E-state index contributed by atoms with van der Waals surface area (Å²) >= 11 is 5.71. The molecule has 3 N–H and O–H groups in total. The van der Waals surface area contributed by atoms with Gasteiger partial charge in [-0.2, -0.15) is 5.26 Å². The van der Waals surface area contributed by atoms with E-state index < -0.39 is 11.6 Å². The summed E-state index contributed by atoms with van der Waals surface area (Å²) < 4.78 is 0. The zero-order chi connectivity index (χ0) is 13.1. The number of nitrogens with one attached hydrogen (secondary N) is 1. The lowest BCUT2D eigenvalue weighted by Crippen LogP contribution is -2.41. The van der Waals surface area contributed by atoms with Gasteiger partial charge in [-0.05, 0) is 25.1 Å². The first kappa shape index (κ1) is 13.3. The van der Waals surface area contributed by atoms with E-state index in [2.05, 4.69) is 5.32 Å². The van der Waals surface area contributed by atoms with Gasteiger partial charge in [0.05, 0.1) is 17.8 Å². The Hall–Kier alpha value is -1.77. The number of nitriles is 1. The first-order chi connectivity index (χ1) is 7.86. The molecule has 0 aromatic heterocycles. The van der Waals surface area contributed by atoms with Crippen LogP contribution in [0.1, 0.15) is 12.5 Å². The number of aliphatic carboxylic acids is 1. The third-order valence-electron chi connectivity index (χ3n) is 2.19. The summed E-state index contributed by atoms with van der Waals surface area (Å²) in [4.78, 5) is 10.7. The van der Waals surface area contributed by atoms with Gasteiger partial charge in [-0.25, -0.2) is 4.79 Å². The van der Waals surface area contributed by atoms with E-state index in [1.54, 1.807) is 12.1 Å². The molecular formula is C11H11ClN2O3. The lowest BCUT2D eigenvalue weighted by atomic mass is 10.1. The molecule has 0 saturated heterocycles. The molecule has 1 atom stereocenters. The zero-order valence-corrected chi connectivity index (χ0v) is 9.82. The number of benzene rings is 1. The van der Waals surface area contributed by atoms with Crippen LogP contribution in [-0.4, -0.2) is 28.3 Å². The third kappa shape index (κ3) is 3.34. The van der Waals surface area contributed by atoms with Gasteiger partial charge in [0.25, 0.3) is 0 Å². The van der Waals surface area contributed by atoms with Gasteiger partial charge in [-0.15, -0.1) is 0 Å². The molecule has 0 saturated carbocycles. The van der Waals surface area contributed by atoms with Crippen LogP contribution in [0, 0.1) is 11.3 Å². The molecule has 1 unspecified atom stereocenters. The van der Waals surface area contributed by atoms with Gasteiger partial charge in [-0.1, -0.05) is 11.6 Å². The van der Waals surface area contributed by atoms with Crippen LogP contribution < -0.4 is 5.32 Å². The number of carboxylic acids is 1. The molecule has 1 aromatic rings. The first-order valence-corrected chi connectivity index (χ1v) is 5.14. The first-order valence-electron chi connectivity index (χ1n) is 4.76. The molecule has 6 heteroatoms. The summed E-state index contributed by atoms with van der Waals surface area (Å²) in [5.74, 6) is -1.34. The third-order valence-corrected chi connectivity index (χ3v) is 2.42. The number of hydrogen-bond acceptors (Lipinski definition) is 4. The quantitative estimate of drug-likeness (QED) is 0.756. The van der Waals surface area contributed by atoms with Gasteiger partial charge in [0.1, 0.15) is 6.07 Å². The van der Waals surface area contributed by atoms with Crippen LogP contribution in [0.3, 0.4) is 0 Å². The van der Waals surface area contributed by atoms with E-state index in [1.165, 1.54) is 13.0 Å². The standard InChI is InChI=1S/C11H11ClN2O3/c1-11(17,10(15)16)6-14-9-3-2-8(12)4-7(9)5-13/h2-4,14,17H,6H2,1H3,(H,15,16). The maximum absolute atomic E-state index is 10.7. The Kier molecular flexibility index (Phi) is 3.94. The maximum atomic E-state index is 10.7. The van der Waals surface area contributed by atoms with Crippen LogP contribution in [-0.2, 0) is 4.79 Å². The molecule has 90 valence electrons. The molecular weight excluding hydrogens is 244 g/mol. The van der Waals surface area contributed by atoms with Crippen molar-refractivity contribution in [3.05, 3.63) is 28.8 Å². The molecule has 0 amide bonds. The van der Waals surface area contributed by atoms with Crippen molar-refractivity contribution in [2.24, 2.45) is 0 Å². The summed E-state index contributed by atoms with van der Waals surface area (Å²) in [5.41, 5.74) is -1.18. The monoisotopic (exact) mass is 254 g/mol. The average Bonchev–Trinajstić information content (AvgIpc) is 2.27. The minimum absolute atomic E-state index is 0.210. The SMILES string of the molecule is CC(O)(CNc1ccc(Cl)cc1C#N)C(=O)O. The van der Waals surface area contributed by atoms with E-state index in [4.69, 9.17) is 22.0 Å². The Labute approximate surface area is 103 Å². The van der Waals surface area contributed by atoms with Crippen LogP contribution in [0.25, 0.3) is 0 Å². The highest BCUT2D eigenvalue weighted by atomic mass is 35.5. The number of rotatable bonds is 4. The van der Waals surface area contributed by atoms with E-state index in [0.717, 1.165) is 0 Å². The molecule has 0 spiro atoms. The molecule has 1 aromatic carbocycles. The molecule has 0 bridgehead atoms. The number of carbonyl (C=O) groups is 1. The summed E-state index contributed by atoms with van der Waals surface area (Å²) in [7, 11) is 0. The van der Waals surface area contributed by atoms with Crippen molar-refractivity contribution in [3.8, 4) is 6.07 Å². The molecule has 5 nitrogen and oxygen atoms in total. The van der Waals surface area contributed by atoms with Crippen molar-refractivity contribution >= 4 is 23.3 Å². The molecule has 0 fully saturated rings. The van der Waals surface area contributed by atoms with Gasteiger partial charge < -0.3 is 15.5 Å². The molecule has 0 heterocycles. The second kappa shape index (κ2) is 5.04. The molecule has 0 aliphatic rings. The second-order valence-electron chi connectivity index (χ2n) is 3.73. The van der Waals surface area contributed by atoms with Crippen LogP contribution in [0.15, 0.2) is 18.2 Å². The average molecular weight is 255 g/mol. The number of carboxylic acid groups (broad SMARTS) is 1. The molecule has 1 rings (SSSR count). The molecule has 0 aliphatic heterocycles. The second-order valence-corrected chi connectivity index (χ2v) is 4.17. The highest BCUT2D eigenvalue weighted by Crippen LogP contribution is 2.20. The Morgan fingerprint density at radius 1 is 1.65 bits per heavy atom. The van der Waals surface area contributed by atoms with E-state index in [-0.39, 0.29) is 6.54 Å². The number of hydrogen-bond donors (Lipinski definition) is 3. The largest absolute Gasteiger partial charge is 0.479 e. The number of aliphatic hydroxyl groups is 1. The Balaban J connectivity index is 2.84. The van der Waals surface area contributed by atoms with Crippen molar-refractivity contribution in [1.29, 1.82) is 5.26 Å². The summed E-state index contributed by atoms with van der Waals surface area (Å²) in [6, 6.07) is 6.51. The fraction of sp³-hybridized carbons (Fsp3) is 0.273. The van der Waals surface area contributed by atoms with Gasteiger partial charge in [-0.3, -0.25) is 0 Å². The lowest BCUT2D eigenvalue weighted by Gasteiger charge is -2.19. The Morgan fingerprint density at radius 2 is 2.29 bits per heavy atom. The summed E-state index contributed by atoms with van der Waals surface area (Å²) in [5, 5.41) is 30.2. The zero-order valence-electron chi connectivity index (χ0n) is 9.07. The maximum Gasteiger partial charge on any atom is 0.337 e. The molecule has 17 heavy (non-hydrogen) atoms. The van der Waals surface area contributed by atoms with E-state index in [0.29, 0.717) is 16.3 Å². The Morgan fingerprint density at radius 3 is 2.82 bits per heavy atom. The fourth-order valence-corrected chi connectivity index (χ4v) is 1.28. The van der Waals surface area contributed by atoms with Crippen molar-refractivity contribution in [1.82, 2.24) is 0 Å². The molecule has 0 aliphatic carbocycles. The van der Waals surface area contributed by atoms with E-state index >= 15 is 0 Å². The molecule has 0 radical (unpaired) electrons. The van der Waals surface area contributed by atoms with Gasteiger partial charge in [0, 0.05) is 5.02 Å². The van der Waals surface area contributed by atoms with Gasteiger partial charge in [0.15, 0.2) is 5.60 Å². The topological polar surface area (TPSA) is 93.4 Å². The predicted octanol–water partition coefficient (Wildman–Crippen LogP) is 1.46. The van der Waals surface area contributed by atoms with Gasteiger partial charge in [0.2, 0.25) is 0 Å². The van der Waals surface area contributed by atoms with Crippen molar-refractivity contribution in [2.75, 3.05) is 11.9 Å². The van der Waals surface area contributed by atoms with Gasteiger partial charge >= 0.3 is 5.97 Å². The van der Waals surface area contributed by atoms with Crippen molar-refractivity contribution in [3.63, 3.8) is 0 Å². The van der Waals surface area contributed by atoms with Crippen molar-refractivity contribution < 1.29 is 15.0 Å². The number of halogens is 1. The van der Waals surface area contributed by atoms with Crippen LogP contribution in [0.2, 0.25) is 5.02 Å². The predicted molar refractivity (Wildman–Crippen MR) is 62.9 cm³/mol. The van der Waals surface area contributed by atoms with Crippen LogP contribution in [0.4, 0.5) is 5.69 Å². The number of anilines is 1. The normalized spacial score (nSPS) is 13.5. The number of nitrogens with zero attached hydrogens (tertiary/aromatic N) is 1. The highest BCUT2D eigenvalue weighted by molar-refractivity contribution is 6.30.